The number of hydrogen-bond acceptors (Lipinski definition) is 4. The van der Waals surface area contributed by atoms with Crippen LogP contribution in [0.3, 0.4) is 0 Å². The minimum atomic E-state index is -0.787. The number of hydrogen-bond donors (Lipinski definition) is 2. The van der Waals surface area contributed by atoms with Gasteiger partial charge in [-0.05, 0) is 13.0 Å². The zero-order valence-electron chi connectivity index (χ0n) is 11.1. The molecule has 0 bridgehead atoms. The quantitative estimate of drug-likeness (QED) is 0.811. The number of ether oxygens (including phenoxy) is 1. The zero-order chi connectivity index (χ0) is 14.7. The number of rotatable bonds is 3. The van der Waals surface area contributed by atoms with Crippen LogP contribution in [0.4, 0.5) is 0 Å². The van der Waals surface area contributed by atoms with E-state index in [0.29, 0.717) is 10.9 Å². The number of pyridine rings is 1. The Morgan fingerprint density at radius 2 is 2.00 bits per heavy atom. The second kappa shape index (κ2) is 5.56. The number of aromatic nitrogens is 1. The molecule has 0 saturated heterocycles. The van der Waals surface area contributed by atoms with Gasteiger partial charge in [-0.15, -0.1) is 0 Å². The Balaban J connectivity index is 2.40. The number of H-pyrrole nitrogens is 1. The van der Waals surface area contributed by atoms with Gasteiger partial charge in [0, 0.05) is 17.0 Å². The van der Waals surface area contributed by atoms with Crippen molar-refractivity contribution < 1.29 is 14.3 Å². The minimum absolute atomic E-state index is 0.222. The number of fused-ring (bicyclic) bond motifs is 1. The number of nitrogens with one attached hydrogen (secondary N) is 2. The molecule has 0 aliphatic rings. The summed E-state index contributed by atoms with van der Waals surface area (Å²) < 4.78 is 4.54. The summed E-state index contributed by atoms with van der Waals surface area (Å²) in [6.45, 7) is 1.51. The van der Waals surface area contributed by atoms with Crippen LogP contribution in [0.15, 0.2) is 35.1 Å². The van der Waals surface area contributed by atoms with Crippen LogP contribution >= 0.6 is 0 Å². The molecular weight excluding hydrogens is 260 g/mol. The SMILES string of the molecule is COC(=O)[C@@H](C)NC(=O)c1cc(=O)[nH]c2ccccc12. The average molecular weight is 274 g/mol. The summed E-state index contributed by atoms with van der Waals surface area (Å²) in [4.78, 5) is 37.7. The second-order valence-corrected chi connectivity index (χ2v) is 4.31. The van der Waals surface area contributed by atoms with E-state index >= 15 is 0 Å². The predicted octanol–water partition coefficient (Wildman–Crippen LogP) is 0.819. The molecule has 1 heterocycles. The van der Waals surface area contributed by atoms with E-state index < -0.39 is 17.9 Å². The molecule has 0 aliphatic carbocycles. The van der Waals surface area contributed by atoms with Gasteiger partial charge < -0.3 is 15.0 Å². The van der Waals surface area contributed by atoms with Gasteiger partial charge in [-0.3, -0.25) is 9.59 Å². The van der Waals surface area contributed by atoms with Crippen LogP contribution in [-0.2, 0) is 9.53 Å². The molecule has 2 aromatic rings. The molecule has 0 saturated carbocycles. The van der Waals surface area contributed by atoms with E-state index in [1.165, 1.54) is 20.1 Å². The number of amides is 1. The molecule has 1 aromatic carbocycles. The molecule has 0 unspecified atom stereocenters. The van der Waals surface area contributed by atoms with E-state index in [9.17, 15) is 14.4 Å². The highest BCUT2D eigenvalue weighted by atomic mass is 16.5. The van der Waals surface area contributed by atoms with Crippen molar-refractivity contribution in [1.82, 2.24) is 10.3 Å². The third kappa shape index (κ3) is 2.69. The molecule has 2 N–H and O–H groups in total. The molecule has 1 atom stereocenters. The lowest BCUT2D eigenvalue weighted by Crippen LogP contribution is -2.39. The summed E-state index contributed by atoms with van der Waals surface area (Å²) in [5, 5.41) is 3.11. The second-order valence-electron chi connectivity index (χ2n) is 4.31. The Bertz CT molecular complexity index is 720. The van der Waals surface area contributed by atoms with Gasteiger partial charge in [0.05, 0.1) is 12.7 Å². The standard InChI is InChI=1S/C14H14N2O4/c1-8(14(19)20-2)15-13(18)10-7-12(17)16-11-6-4-3-5-9(10)11/h3-8H,1-2H3,(H,15,18)(H,16,17)/t8-/m1/s1. The van der Waals surface area contributed by atoms with E-state index in [1.54, 1.807) is 24.3 Å². The van der Waals surface area contributed by atoms with Gasteiger partial charge in [-0.25, -0.2) is 4.79 Å². The molecule has 6 nitrogen and oxygen atoms in total. The molecule has 104 valence electrons. The summed E-state index contributed by atoms with van der Waals surface area (Å²) in [6.07, 6.45) is 0. The maximum atomic E-state index is 12.2. The third-order valence-electron chi connectivity index (χ3n) is 2.90. The molecule has 1 aromatic heterocycles. The van der Waals surface area contributed by atoms with Gasteiger partial charge in [0.15, 0.2) is 0 Å². The number of benzene rings is 1. The Morgan fingerprint density at radius 1 is 1.30 bits per heavy atom. The van der Waals surface area contributed by atoms with Crippen molar-refractivity contribution in [3.63, 3.8) is 0 Å². The molecule has 0 aliphatic heterocycles. The van der Waals surface area contributed by atoms with Crippen LogP contribution in [0.25, 0.3) is 10.9 Å². The topological polar surface area (TPSA) is 88.3 Å². The average Bonchev–Trinajstić information content (AvgIpc) is 2.45. The lowest BCUT2D eigenvalue weighted by molar-refractivity contribution is -0.142. The summed E-state index contributed by atoms with van der Waals surface area (Å²) in [5.41, 5.74) is 0.413. The van der Waals surface area contributed by atoms with E-state index in [-0.39, 0.29) is 11.1 Å². The van der Waals surface area contributed by atoms with Gasteiger partial charge >= 0.3 is 5.97 Å². The van der Waals surface area contributed by atoms with Crippen LogP contribution in [-0.4, -0.2) is 30.0 Å². The fourth-order valence-corrected chi connectivity index (χ4v) is 1.90. The highest BCUT2D eigenvalue weighted by molar-refractivity contribution is 6.06. The number of methoxy groups -OCH3 is 1. The first-order chi connectivity index (χ1) is 9.52. The Kier molecular flexibility index (Phi) is 3.84. The molecule has 2 rings (SSSR count). The molecule has 1 amide bonds. The first-order valence-corrected chi connectivity index (χ1v) is 6.03. The Morgan fingerprint density at radius 3 is 2.70 bits per heavy atom. The Labute approximate surface area is 114 Å². The number of carbonyl (C=O) groups excluding carboxylic acids is 2. The van der Waals surface area contributed by atoms with Gasteiger partial charge in [0.2, 0.25) is 5.56 Å². The number of esters is 1. The van der Waals surface area contributed by atoms with Gasteiger partial charge in [-0.2, -0.15) is 0 Å². The molecule has 20 heavy (non-hydrogen) atoms. The van der Waals surface area contributed by atoms with Crippen molar-refractivity contribution in [2.24, 2.45) is 0 Å². The first-order valence-electron chi connectivity index (χ1n) is 6.03. The van der Waals surface area contributed by atoms with E-state index in [1.807, 2.05) is 0 Å². The highest BCUT2D eigenvalue weighted by Crippen LogP contribution is 2.14. The Hall–Kier alpha value is -2.63. The number of carbonyl (C=O) groups is 2. The van der Waals surface area contributed by atoms with Gasteiger partial charge in [0.1, 0.15) is 6.04 Å². The molecule has 0 fully saturated rings. The fraction of sp³-hybridized carbons (Fsp3) is 0.214. The first kappa shape index (κ1) is 13.8. The van der Waals surface area contributed by atoms with Gasteiger partial charge in [-0.1, -0.05) is 18.2 Å². The lowest BCUT2D eigenvalue weighted by atomic mass is 10.1. The van der Waals surface area contributed by atoms with Crippen molar-refractivity contribution in [2.45, 2.75) is 13.0 Å². The molecule has 0 spiro atoms. The van der Waals surface area contributed by atoms with Crippen molar-refractivity contribution >= 4 is 22.8 Å². The van der Waals surface area contributed by atoms with Gasteiger partial charge in [0.25, 0.3) is 5.91 Å². The smallest absolute Gasteiger partial charge is 0.328 e. The molecule has 0 radical (unpaired) electrons. The fourth-order valence-electron chi connectivity index (χ4n) is 1.90. The van der Waals surface area contributed by atoms with E-state index in [0.717, 1.165) is 0 Å². The maximum absolute atomic E-state index is 12.2. The largest absolute Gasteiger partial charge is 0.467 e. The van der Waals surface area contributed by atoms with Crippen molar-refractivity contribution in [3.05, 3.63) is 46.2 Å². The van der Waals surface area contributed by atoms with E-state index in [4.69, 9.17) is 0 Å². The maximum Gasteiger partial charge on any atom is 0.328 e. The zero-order valence-corrected chi connectivity index (χ0v) is 11.1. The van der Waals surface area contributed by atoms with Crippen LogP contribution in [0, 0.1) is 0 Å². The molecular formula is C14H14N2O4. The summed E-state index contributed by atoms with van der Waals surface area (Å²) in [5.74, 6) is -1.04. The van der Waals surface area contributed by atoms with Crippen molar-refractivity contribution in [1.29, 1.82) is 0 Å². The predicted molar refractivity (Wildman–Crippen MR) is 73.5 cm³/mol. The van der Waals surface area contributed by atoms with Crippen molar-refractivity contribution in [3.8, 4) is 0 Å². The molecule has 6 heteroatoms. The summed E-state index contributed by atoms with van der Waals surface area (Å²) in [6, 6.07) is 7.38. The highest BCUT2D eigenvalue weighted by Gasteiger charge is 2.18. The number of para-hydroxylation sites is 1. The monoisotopic (exact) mass is 274 g/mol. The van der Waals surface area contributed by atoms with E-state index in [2.05, 4.69) is 15.0 Å². The van der Waals surface area contributed by atoms with Crippen molar-refractivity contribution in [2.75, 3.05) is 7.11 Å². The van der Waals surface area contributed by atoms with Crippen LogP contribution in [0.1, 0.15) is 17.3 Å². The summed E-state index contributed by atoms with van der Waals surface area (Å²) >= 11 is 0. The number of aromatic amines is 1. The van der Waals surface area contributed by atoms with Crippen LogP contribution in [0.5, 0.6) is 0 Å². The normalized spacial score (nSPS) is 11.9. The third-order valence-corrected chi connectivity index (χ3v) is 2.90. The lowest BCUT2D eigenvalue weighted by Gasteiger charge is -2.12. The summed E-state index contributed by atoms with van der Waals surface area (Å²) in [7, 11) is 1.24. The van der Waals surface area contributed by atoms with Crippen LogP contribution < -0.4 is 10.9 Å². The minimum Gasteiger partial charge on any atom is -0.467 e. The van der Waals surface area contributed by atoms with Crippen LogP contribution in [0.2, 0.25) is 0 Å².